The molecule has 1 amide bonds. The minimum Gasteiger partial charge on any atom is -0.492 e. The van der Waals surface area contributed by atoms with Gasteiger partial charge in [0.1, 0.15) is 17.4 Å². The highest BCUT2D eigenvalue weighted by Crippen LogP contribution is 2.33. The monoisotopic (exact) mass is 463 g/mol. The lowest BCUT2D eigenvalue weighted by atomic mass is 10.1. The van der Waals surface area contributed by atoms with Crippen LogP contribution in [0.15, 0.2) is 72.8 Å². The number of rotatable bonds is 7. The summed E-state index contributed by atoms with van der Waals surface area (Å²) in [7, 11) is 0. The first kappa shape index (κ1) is 21.5. The molecule has 1 saturated heterocycles. The summed E-state index contributed by atoms with van der Waals surface area (Å²) < 4.78 is 21.4. The third-order valence-electron chi connectivity index (χ3n) is 5.93. The third-order valence-corrected chi connectivity index (χ3v) is 6.25. The largest absolute Gasteiger partial charge is 0.492 e. The van der Waals surface area contributed by atoms with E-state index in [0.717, 1.165) is 23.3 Å². The van der Waals surface area contributed by atoms with Crippen LogP contribution in [0.25, 0.3) is 11.0 Å². The number of benzene rings is 3. The zero-order chi connectivity index (χ0) is 22.8. The molecule has 168 valence electrons. The molecule has 1 atom stereocenters. The number of carbonyl (C=O) groups is 1. The molecule has 2 heterocycles. The van der Waals surface area contributed by atoms with Crippen molar-refractivity contribution in [2.24, 2.45) is 0 Å². The van der Waals surface area contributed by atoms with E-state index in [2.05, 4.69) is 10.6 Å². The summed E-state index contributed by atoms with van der Waals surface area (Å²) in [5.74, 6) is 1.23. The average Bonchev–Trinajstić information content (AvgIpc) is 3.39. The van der Waals surface area contributed by atoms with Gasteiger partial charge in [-0.1, -0.05) is 35.9 Å². The van der Waals surface area contributed by atoms with Crippen LogP contribution in [0.1, 0.15) is 24.6 Å². The maximum Gasteiger partial charge on any atom is 0.227 e. The van der Waals surface area contributed by atoms with E-state index >= 15 is 0 Å². The zero-order valence-corrected chi connectivity index (χ0v) is 18.7. The van der Waals surface area contributed by atoms with E-state index in [0.29, 0.717) is 42.6 Å². The number of ether oxygens (including phenoxy) is 1. The summed E-state index contributed by atoms with van der Waals surface area (Å²) in [6.45, 7) is 1.74. The van der Waals surface area contributed by atoms with Crippen molar-refractivity contribution >= 4 is 34.2 Å². The van der Waals surface area contributed by atoms with Gasteiger partial charge < -0.3 is 14.2 Å². The number of amides is 1. The molecule has 3 aromatic carbocycles. The molecule has 1 aliphatic heterocycles. The van der Waals surface area contributed by atoms with Crippen LogP contribution in [-0.2, 0) is 11.3 Å². The molecule has 0 radical (unpaired) electrons. The van der Waals surface area contributed by atoms with E-state index in [4.69, 9.17) is 21.3 Å². The molecule has 0 saturated carbocycles. The predicted octanol–water partition coefficient (Wildman–Crippen LogP) is 5.82. The summed E-state index contributed by atoms with van der Waals surface area (Å²) in [5, 5.41) is 0.594. The Kier molecular flexibility index (Phi) is 6.01. The fourth-order valence-electron chi connectivity index (χ4n) is 4.36. The van der Waals surface area contributed by atoms with Crippen LogP contribution in [0.4, 0.5) is 10.1 Å². The number of halogens is 2. The number of imidazole rings is 1. The molecule has 0 unspecified atom stereocenters. The number of aromatic nitrogens is 2. The van der Waals surface area contributed by atoms with Crippen LogP contribution in [-0.4, -0.2) is 28.6 Å². The van der Waals surface area contributed by atoms with Crippen LogP contribution in [0.5, 0.6) is 5.75 Å². The van der Waals surface area contributed by atoms with E-state index in [1.165, 1.54) is 12.1 Å². The van der Waals surface area contributed by atoms with E-state index in [-0.39, 0.29) is 17.6 Å². The van der Waals surface area contributed by atoms with Gasteiger partial charge in [-0.25, -0.2) is 9.37 Å². The SMILES string of the molecule is O=C1C[C@@H](c2nc3ccccc3n2CCCOc2ccccc2Cl)CN1c1ccc(F)cc1. The average molecular weight is 464 g/mol. The lowest BCUT2D eigenvalue weighted by Gasteiger charge is -2.17. The highest BCUT2D eigenvalue weighted by atomic mass is 35.5. The van der Waals surface area contributed by atoms with Crippen LogP contribution >= 0.6 is 11.6 Å². The van der Waals surface area contributed by atoms with Gasteiger partial charge in [-0.15, -0.1) is 0 Å². The molecular formula is C26H23ClFN3O2. The summed E-state index contributed by atoms with van der Waals surface area (Å²) >= 11 is 6.18. The Balaban J connectivity index is 1.35. The van der Waals surface area contributed by atoms with Gasteiger partial charge in [-0.2, -0.15) is 0 Å². The van der Waals surface area contributed by atoms with Crippen LogP contribution < -0.4 is 9.64 Å². The fraction of sp³-hybridized carbons (Fsp3) is 0.231. The van der Waals surface area contributed by atoms with Gasteiger partial charge >= 0.3 is 0 Å². The van der Waals surface area contributed by atoms with Gasteiger partial charge in [0.25, 0.3) is 0 Å². The fourth-order valence-corrected chi connectivity index (χ4v) is 4.55. The lowest BCUT2D eigenvalue weighted by Crippen LogP contribution is -2.24. The number of nitrogens with zero attached hydrogens (tertiary/aromatic N) is 3. The number of anilines is 1. The Bertz CT molecular complexity index is 1290. The van der Waals surface area contributed by atoms with Gasteiger partial charge in [0.2, 0.25) is 5.91 Å². The second-order valence-corrected chi connectivity index (χ2v) is 8.53. The molecular weight excluding hydrogens is 441 g/mol. The maximum atomic E-state index is 13.3. The summed E-state index contributed by atoms with van der Waals surface area (Å²) in [6.07, 6.45) is 1.14. The molecule has 5 rings (SSSR count). The van der Waals surface area contributed by atoms with Crippen molar-refractivity contribution in [3.05, 3.63) is 89.5 Å². The third kappa shape index (κ3) is 4.44. The minimum absolute atomic E-state index is 0.0206. The normalized spacial score (nSPS) is 16.0. The molecule has 0 aliphatic carbocycles. The molecule has 33 heavy (non-hydrogen) atoms. The Morgan fingerprint density at radius 1 is 1.03 bits per heavy atom. The molecule has 1 aliphatic rings. The van der Waals surface area contributed by atoms with Crippen molar-refractivity contribution in [3.63, 3.8) is 0 Å². The number of para-hydroxylation sites is 3. The summed E-state index contributed by atoms with van der Waals surface area (Å²) in [5.41, 5.74) is 2.66. The summed E-state index contributed by atoms with van der Waals surface area (Å²) in [4.78, 5) is 19.4. The second kappa shape index (κ2) is 9.24. The van der Waals surface area contributed by atoms with E-state index < -0.39 is 0 Å². The lowest BCUT2D eigenvalue weighted by molar-refractivity contribution is -0.117. The van der Waals surface area contributed by atoms with Crippen molar-refractivity contribution in [1.82, 2.24) is 9.55 Å². The molecule has 0 spiro atoms. The van der Waals surface area contributed by atoms with Crippen molar-refractivity contribution in [3.8, 4) is 5.75 Å². The highest BCUT2D eigenvalue weighted by Gasteiger charge is 2.34. The first-order valence-corrected chi connectivity index (χ1v) is 11.4. The van der Waals surface area contributed by atoms with Crippen molar-refractivity contribution in [2.75, 3.05) is 18.1 Å². The van der Waals surface area contributed by atoms with E-state index in [1.807, 2.05) is 42.5 Å². The Morgan fingerprint density at radius 3 is 2.61 bits per heavy atom. The Labute approximate surface area is 196 Å². The number of hydrogen-bond acceptors (Lipinski definition) is 3. The molecule has 0 bridgehead atoms. The van der Waals surface area contributed by atoms with Crippen molar-refractivity contribution in [2.45, 2.75) is 25.3 Å². The molecule has 5 nitrogen and oxygen atoms in total. The minimum atomic E-state index is -0.317. The highest BCUT2D eigenvalue weighted by molar-refractivity contribution is 6.32. The quantitative estimate of drug-likeness (QED) is 0.324. The smallest absolute Gasteiger partial charge is 0.227 e. The van der Waals surface area contributed by atoms with Gasteiger partial charge in [0.15, 0.2) is 0 Å². The van der Waals surface area contributed by atoms with E-state index in [9.17, 15) is 9.18 Å². The Morgan fingerprint density at radius 2 is 1.79 bits per heavy atom. The standard InChI is InChI=1S/C26H23ClFN3O2/c27-21-6-1-4-9-24(21)33-15-5-14-30-23-8-3-2-7-22(23)29-26(30)18-16-25(32)31(17-18)20-12-10-19(28)11-13-20/h1-4,6-13,18H,5,14-17H2/t18-/m1/s1. The molecule has 7 heteroatoms. The van der Waals surface area contributed by atoms with Crippen LogP contribution in [0, 0.1) is 5.82 Å². The Hall–Kier alpha value is -3.38. The summed E-state index contributed by atoms with van der Waals surface area (Å²) in [6, 6.07) is 21.5. The molecule has 4 aromatic rings. The number of carbonyl (C=O) groups excluding carboxylic acids is 1. The maximum absolute atomic E-state index is 13.3. The van der Waals surface area contributed by atoms with Gasteiger partial charge in [0.05, 0.1) is 22.7 Å². The number of hydrogen-bond donors (Lipinski definition) is 0. The van der Waals surface area contributed by atoms with Gasteiger partial charge in [0, 0.05) is 31.1 Å². The van der Waals surface area contributed by atoms with Crippen molar-refractivity contribution in [1.29, 1.82) is 0 Å². The zero-order valence-electron chi connectivity index (χ0n) is 18.0. The van der Waals surface area contributed by atoms with Gasteiger partial charge in [-0.05, 0) is 55.0 Å². The van der Waals surface area contributed by atoms with Crippen molar-refractivity contribution < 1.29 is 13.9 Å². The van der Waals surface area contributed by atoms with Gasteiger partial charge in [-0.3, -0.25) is 4.79 Å². The molecule has 1 fully saturated rings. The van der Waals surface area contributed by atoms with Crippen LogP contribution in [0.3, 0.4) is 0 Å². The predicted molar refractivity (Wildman–Crippen MR) is 127 cm³/mol. The first-order valence-electron chi connectivity index (χ1n) is 11.0. The second-order valence-electron chi connectivity index (χ2n) is 8.12. The molecule has 0 N–H and O–H groups in total. The van der Waals surface area contributed by atoms with Crippen LogP contribution in [0.2, 0.25) is 5.02 Å². The molecule has 1 aromatic heterocycles. The number of aryl methyl sites for hydroxylation is 1. The first-order chi connectivity index (χ1) is 16.1. The topological polar surface area (TPSA) is 47.4 Å². The number of fused-ring (bicyclic) bond motifs is 1. The van der Waals surface area contributed by atoms with E-state index in [1.54, 1.807) is 17.0 Å².